The first-order valence-corrected chi connectivity index (χ1v) is 4.68. The Morgan fingerprint density at radius 1 is 1.50 bits per heavy atom. The second-order valence-corrected chi connectivity index (χ2v) is 3.92. The molecular formula is C10H17NO. The van der Waals surface area contributed by atoms with Crippen molar-refractivity contribution in [2.45, 2.75) is 33.3 Å². The van der Waals surface area contributed by atoms with Crippen LogP contribution >= 0.6 is 0 Å². The molecule has 1 rings (SSSR count). The Bertz CT molecular complexity index is 183. The summed E-state index contributed by atoms with van der Waals surface area (Å²) in [5, 5.41) is 8.92. The molecule has 0 spiro atoms. The van der Waals surface area contributed by atoms with Crippen molar-refractivity contribution in [2.24, 2.45) is 17.8 Å². The van der Waals surface area contributed by atoms with Gasteiger partial charge in [0, 0.05) is 12.5 Å². The van der Waals surface area contributed by atoms with E-state index in [2.05, 4.69) is 26.8 Å². The number of hydrogen-bond acceptors (Lipinski definition) is 2. The van der Waals surface area contributed by atoms with Crippen LogP contribution in [-0.2, 0) is 4.74 Å². The summed E-state index contributed by atoms with van der Waals surface area (Å²) in [6, 6.07) is 2.39. The lowest BCUT2D eigenvalue weighted by molar-refractivity contribution is -0.0490. The number of ether oxygens (including phenoxy) is 1. The molecule has 1 aliphatic rings. The Morgan fingerprint density at radius 3 is 2.58 bits per heavy atom. The minimum absolute atomic E-state index is 0.203. The summed E-state index contributed by atoms with van der Waals surface area (Å²) in [6.45, 7) is 7.16. The van der Waals surface area contributed by atoms with Crippen molar-refractivity contribution >= 4 is 0 Å². The maximum Gasteiger partial charge on any atom is 0.0660 e. The molecule has 3 unspecified atom stereocenters. The minimum atomic E-state index is 0.203. The van der Waals surface area contributed by atoms with Crippen LogP contribution in [-0.4, -0.2) is 12.7 Å². The van der Waals surface area contributed by atoms with E-state index in [0.717, 1.165) is 13.0 Å². The SMILES string of the molecule is CC(C)C1C(C#N)CCOC1C. The van der Waals surface area contributed by atoms with Crippen LogP contribution in [0, 0.1) is 29.1 Å². The van der Waals surface area contributed by atoms with Crippen LogP contribution in [0.25, 0.3) is 0 Å². The van der Waals surface area contributed by atoms with E-state index in [1.807, 2.05) is 0 Å². The molecule has 0 N–H and O–H groups in total. The highest BCUT2D eigenvalue weighted by atomic mass is 16.5. The zero-order chi connectivity index (χ0) is 9.14. The summed E-state index contributed by atoms with van der Waals surface area (Å²) >= 11 is 0. The van der Waals surface area contributed by atoms with E-state index in [9.17, 15) is 0 Å². The van der Waals surface area contributed by atoms with Crippen molar-refractivity contribution in [3.05, 3.63) is 0 Å². The zero-order valence-electron chi connectivity index (χ0n) is 8.08. The zero-order valence-corrected chi connectivity index (χ0v) is 8.08. The molecule has 0 saturated carbocycles. The monoisotopic (exact) mass is 167 g/mol. The number of nitrogens with zero attached hydrogens (tertiary/aromatic N) is 1. The predicted octanol–water partition coefficient (Wildman–Crippen LogP) is 2.21. The van der Waals surface area contributed by atoms with E-state index in [4.69, 9.17) is 10.00 Å². The van der Waals surface area contributed by atoms with Gasteiger partial charge in [0.2, 0.25) is 0 Å². The number of nitriles is 1. The van der Waals surface area contributed by atoms with Crippen LogP contribution in [0.3, 0.4) is 0 Å². The summed E-state index contributed by atoms with van der Waals surface area (Å²) in [7, 11) is 0. The lowest BCUT2D eigenvalue weighted by Crippen LogP contribution is -2.37. The fraction of sp³-hybridized carbons (Fsp3) is 0.900. The molecule has 1 heterocycles. The maximum absolute atomic E-state index is 8.92. The Labute approximate surface area is 74.5 Å². The van der Waals surface area contributed by atoms with E-state index in [0.29, 0.717) is 11.8 Å². The molecule has 0 aliphatic carbocycles. The Balaban J connectivity index is 2.67. The van der Waals surface area contributed by atoms with E-state index in [1.54, 1.807) is 0 Å². The van der Waals surface area contributed by atoms with Gasteiger partial charge in [-0.15, -0.1) is 0 Å². The van der Waals surface area contributed by atoms with Gasteiger partial charge in [-0.05, 0) is 19.3 Å². The van der Waals surface area contributed by atoms with E-state index in [-0.39, 0.29) is 12.0 Å². The summed E-state index contributed by atoms with van der Waals surface area (Å²) < 4.78 is 5.53. The molecular weight excluding hydrogens is 150 g/mol. The maximum atomic E-state index is 8.92. The largest absolute Gasteiger partial charge is 0.378 e. The smallest absolute Gasteiger partial charge is 0.0660 e. The summed E-state index contributed by atoms with van der Waals surface area (Å²) in [5.74, 6) is 1.17. The van der Waals surface area contributed by atoms with Crippen molar-refractivity contribution in [3.8, 4) is 6.07 Å². The Kier molecular flexibility index (Phi) is 3.11. The first-order valence-electron chi connectivity index (χ1n) is 4.68. The molecule has 0 aromatic rings. The lowest BCUT2D eigenvalue weighted by Gasteiger charge is -2.35. The third-order valence-corrected chi connectivity index (χ3v) is 2.75. The van der Waals surface area contributed by atoms with Gasteiger partial charge >= 0.3 is 0 Å². The van der Waals surface area contributed by atoms with E-state index < -0.39 is 0 Å². The summed E-state index contributed by atoms with van der Waals surface area (Å²) in [5.41, 5.74) is 0. The summed E-state index contributed by atoms with van der Waals surface area (Å²) in [4.78, 5) is 0. The molecule has 1 saturated heterocycles. The molecule has 3 atom stereocenters. The molecule has 2 heteroatoms. The van der Waals surface area contributed by atoms with Crippen LogP contribution in [0.5, 0.6) is 0 Å². The third-order valence-electron chi connectivity index (χ3n) is 2.75. The molecule has 0 radical (unpaired) electrons. The quantitative estimate of drug-likeness (QED) is 0.600. The van der Waals surface area contributed by atoms with Gasteiger partial charge in [-0.3, -0.25) is 0 Å². The normalized spacial score (nSPS) is 36.4. The second-order valence-electron chi connectivity index (χ2n) is 3.92. The van der Waals surface area contributed by atoms with Gasteiger partial charge in [-0.2, -0.15) is 5.26 Å². The average molecular weight is 167 g/mol. The van der Waals surface area contributed by atoms with Gasteiger partial charge in [0.1, 0.15) is 0 Å². The Hall–Kier alpha value is -0.550. The molecule has 0 bridgehead atoms. The fourth-order valence-electron chi connectivity index (χ4n) is 2.17. The molecule has 0 amide bonds. The first-order chi connectivity index (χ1) is 5.66. The minimum Gasteiger partial charge on any atom is -0.378 e. The fourth-order valence-corrected chi connectivity index (χ4v) is 2.17. The highest BCUT2D eigenvalue weighted by Gasteiger charge is 2.33. The van der Waals surface area contributed by atoms with Crippen LogP contribution < -0.4 is 0 Å². The van der Waals surface area contributed by atoms with Crippen LogP contribution in [0.2, 0.25) is 0 Å². The van der Waals surface area contributed by atoms with Crippen molar-refractivity contribution < 1.29 is 4.74 Å². The van der Waals surface area contributed by atoms with Crippen molar-refractivity contribution in [2.75, 3.05) is 6.61 Å². The van der Waals surface area contributed by atoms with Crippen LogP contribution in [0.4, 0.5) is 0 Å². The molecule has 0 aromatic carbocycles. The molecule has 1 fully saturated rings. The standard InChI is InChI=1S/C10H17NO/c1-7(2)10-8(3)12-5-4-9(10)6-11/h7-10H,4-5H2,1-3H3. The van der Waals surface area contributed by atoms with E-state index >= 15 is 0 Å². The van der Waals surface area contributed by atoms with Crippen molar-refractivity contribution in [1.29, 1.82) is 5.26 Å². The van der Waals surface area contributed by atoms with Gasteiger partial charge in [0.25, 0.3) is 0 Å². The van der Waals surface area contributed by atoms with Gasteiger partial charge in [-0.25, -0.2) is 0 Å². The van der Waals surface area contributed by atoms with E-state index in [1.165, 1.54) is 0 Å². The average Bonchev–Trinajstić information content (AvgIpc) is 2.03. The summed E-state index contributed by atoms with van der Waals surface area (Å²) in [6.07, 6.45) is 1.16. The number of hydrogen-bond donors (Lipinski definition) is 0. The molecule has 1 aliphatic heterocycles. The molecule has 68 valence electrons. The van der Waals surface area contributed by atoms with Gasteiger partial charge in [-0.1, -0.05) is 13.8 Å². The molecule has 12 heavy (non-hydrogen) atoms. The predicted molar refractivity (Wildman–Crippen MR) is 47.5 cm³/mol. The van der Waals surface area contributed by atoms with Crippen molar-refractivity contribution in [3.63, 3.8) is 0 Å². The highest BCUT2D eigenvalue weighted by molar-refractivity contribution is 4.93. The molecule has 0 aromatic heterocycles. The van der Waals surface area contributed by atoms with Gasteiger partial charge in [0.05, 0.1) is 18.1 Å². The van der Waals surface area contributed by atoms with Crippen LogP contribution in [0.15, 0.2) is 0 Å². The Morgan fingerprint density at radius 2 is 2.17 bits per heavy atom. The van der Waals surface area contributed by atoms with Crippen LogP contribution in [0.1, 0.15) is 27.2 Å². The number of rotatable bonds is 1. The first kappa shape index (κ1) is 9.54. The van der Waals surface area contributed by atoms with Gasteiger partial charge in [0.15, 0.2) is 0 Å². The highest BCUT2D eigenvalue weighted by Crippen LogP contribution is 2.32. The van der Waals surface area contributed by atoms with Gasteiger partial charge < -0.3 is 4.74 Å². The third kappa shape index (κ3) is 1.78. The second kappa shape index (κ2) is 3.91. The molecule has 2 nitrogen and oxygen atoms in total. The lowest BCUT2D eigenvalue weighted by atomic mass is 9.77. The van der Waals surface area contributed by atoms with Crippen molar-refractivity contribution in [1.82, 2.24) is 0 Å². The topological polar surface area (TPSA) is 33.0 Å².